The smallest absolute Gasteiger partial charge is 0.478 e. The molecule has 0 aromatic heterocycles. The van der Waals surface area contributed by atoms with E-state index in [1.54, 1.807) is 0 Å². The summed E-state index contributed by atoms with van der Waals surface area (Å²) in [7, 11) is 1.61. The largest absolute Gasteiger partial charge is 0.500 e. The van der Waals surface area contributed by atoms with E-state index in [9.17, 15) is 14.7 Å². The third-order valence-corrected chi connectivity index (χ3v) is 5.90. The lowest BCUT2D eigenvalue weighted by Crippen LogP contribution is -2.42. The summed E-state index contributed by atoms with van der Waals surface area (Å²) >= 11 is 0. The molecule has 0 amide bonds. The van der Waals surface area contributed by atoms with Crippen LogP contribution in [-0.2, 0) is 22.9 Å². The Labute approximate surface area is 125 Å². The van der Waals surface area contributed by atoms with Gasteiger partial charge >= 0.3 is 20.7 Å². The molecule has 0 aliphatic rings. The highest BCUT2D eigenvalue weighted by atomic mass is 28.4. The zero-order valence-corrected chi connectivity index (χ0v) is 13.5. The highest BCUT2D eigenvalue weighted by Crippen LogP contribution is 2.22. The summed E-state index contributed by atoms with van der Waals surface area (Å²) in [6.45, 7) is 3.44. The molecule has 0 atom stereocenters. The molecule has 0 aromatic carbocycles. The van der Waals surface area contributed by atoms with Gasteiger partial charge in [-0.3, -0.25) is 0 Å². The van der Waals surface area contributed by atoms with E-state index >= 15 is 0 Å². The zero-order valence-electron chi connectivity index (χ0n) is 12.5. The molecule has 120 valence electrons. The highest BCUT2D eigenvalue weighted by Gasteiger charge is 2.37. The third-order valence-electron chi connectivity index (χ3n) is 3.07. The second-order valence-corrected chi connectivity index (χ2v) is 7.30. The molecular weight excluding hydrogens is 296 g/mol. The number of hydrogen-bond acceptors (Lipinski definition) is 5. The lowest BCUT2D eigenvalue weighted by molar-refractivity contribution is -0.136. The molecule has 0 aromatic rings. The summed E-state index contributed by atoms with van der Waals surface area (Å²) < 4.78 is 15.7. The Balaban J connectivity index is 5.04. The third kappa shape index (κ3) is 5.80. The van der Waals surface area contributed by atoms with Crippen LogP contribution in [0.1, 0.15) is 19.3 Å². The Morgan fingerprint density at radius 3 is 1.86 bits per heavy atom. The Kier molecular flexibility index (Phi) is 8.79. The minimum Gasteiger partial charge on any atom is -0.478 e. The number of aliphatic carboxylic acids is 2. The van der Waals surface area contributed by atoms with Crippen LogP contribution in [0, 0.1) is 0 Å². The topological polar surface area (TPSA) is 102 Å². The van der Waals surface area contributed by atoms with Gasteiger partial charge in [-0.2, -0.15) is 0 Å². The molecule has 0 bridgehead atoms. The van der Waals surface area contributed by atoms with Gasteiger partial charge in [0.2, 0.25) is 0 Å². The number of rotatable bonds is 11. The monoisotopic (exact) mass is 318 g/mol. The predicted octanol–water partition coefficient (Wildman–Crippen LogP) is 1.69. The van der Waals surface area contributed by atoms with Gasteiger partial charge in [0.05, 0.1) is 5.57 Å². The summed E-state index contributed by atoms with van der Waals surface area (Å²) in [5, 5.41) is 18.3. The van der Waals surface area contributed by atoms with Crippen LogP contribution in [0.15, 0.2) is 23.8 Å². The second-order valence-electron chi connectivity index (χ2n) is 4.21. The molecule has 0 radical (unpaired) electrons. The fourth-order valence-electron chi connectivity index (χ4n) is 1.91. The van der Waals surface area contributed by atoms with E-state index in [0.29, 0.717) is 12.5 Å². The van der Waals surface area contributed by atoms with Crippen LogP contribution in [0.3, 0.4) is 0 Å². The van der Waals surface area contributed by atoms with E-state index in [1.165, 1.54) is 27.4 Å². The van der Waals surface area contributed by atoms with Crippen molar-refractivity contribution in [2.45, 2.75) is 25.3 Å². The lowest BCUT2D eigenvalue weighted by Gasteiger charge is -2.24. The van der Waals surface area contributed by atoms with Crippen molar-refractivity contribution in [3.63, 3.8) is 0 Å². The van der Waals surface area contributed by atoms with E-state index in [1.807, 2.05) is 0 Å². The van der Waals surface area contributed by atoms with Crippen molar-refractivity contribution >= 4 is 20.7 Å². The van der Waals surface area contributed by atoms with Crippen molar-refractivity contribution < 1.29 is 33.1 Å². The number of carboxylic acids is 2. The first kappa shape index (κ1) is 19.5. The van der Waals surface area contributed by atoms with Crippen molar-refractivity contribution in [2.75, 3.05) is 21.3 Å². The first-order valence-electron chi connectivity index (χ1n) is 6.32. The van der Waals surface area contributed by atoms with Gasteiger partial charge in [-0.05, 0) is 19.3 Å². The van der Waals surface area contributed by atoms with Gasteiger partial charge < -0.3 is 23.5 Å². The molecule has 21 heavy (non-hydrogen) atoms. The summed E-state index contributed by atoms with van der Waals surface area (Å²) in [5.41, 5.74) is -0.286. The van der Waals surface area contributed by atoms with Crippen LogP contribution in [0.5, 0.6) is 0 Å². The van der Waals surface area contributed by atoms with Crippen LogP contribution in [-0.4, -0.2) is 52.3 Å². The summed E-state index contributed by atoms with van der Waals surface area (Å²) in [6, 6.07) is 0.397. The van der Waals surface area contributed by atoms with Gasteiger partial charge in [0.15, 0.2) is 0 Å². The molecule has 0 saturated heterocycles. The molecular formula is C13H22O7Si. The van der Waals surface area contributed by atoms with E-state index in [2.05, 4.69) is 6.58 Å². The molecule has 0 rings (SSSR count). The predicted molar refractivity (Wildman–Crippen MR) is 77.9 cm³/mol. The van der Waals surface area contributed by atoms with E-state index in [0.717, 1.165) is 0 Å². The molecule has 0 heterocycles. The molecule has 0 unspecified atom stereocenters. The van der Waals surface area contributed by atoms with Gasteiger partial charge in [-0.1, -0.05) is 6.08 Å². The number of hydrogen-bond donors (Lipinski definition) is 2. The van der Waals surface area contributed by atoms with E-state index in [-0.39, 0.29) is 24.0 Å². The highest BCUT2D eigenvalue weighted by molar-refractivity contribution is 6.60. The minimum atomic E-state index is -2.78. The van der Waals surface area contributed by atoms with Gasteiger partial charge in [0, 0.05) is 32.9 Å². The van der Waals surface area contributed by atoms with Gasteiger partial charge in [-0.25, -0.2) is 9.59 Å². The second kappa shape index (κ2) is 9.45. The maximum Gasteiger partial charge on any atom is 0.500 e. The first-order chi connectivity index (χ1) is 9.87. The Bertz CT molecular complexity index is 404. The molecule has 0 saturated carbocycles. The zero-order chi connectivity index (χ0) is 16.5. The average molecular weight is 318 g/mol. The standard InChI is InChI=1S/C13H22O7Si/c1-5-7-10(12(14)15)11(13(16)17)8-6-9-21(18-2,19-3)20-4/h5H,1,6-9H2,2-4H3,(H,14,15)(H,16,17)/b11-10-. The number of carbonyl (C=O) groups is 2. The van der Waals surface area contributed by atoms with Gasteiger partial charge in [0.25, 0.3) is 0 Å². The van der Waals surface area contributed by atoms with Crippen LogP contribution in [0.2, 0.25) is 6.04 Å². The van der Waals surface area contributed by atoms with Crippen LogP contribution in [0.4, 0.5) is 0 Å². The molecule has 2 N–H and O–H groups in total. The Morgan fingerprint density at radius 1 is 1.05 bits per heavy atom. The quantitative estimate of drug-likeness (QED) is 0.339. The first-order valence-corrected chi connectivity index (χ1v) is 8.25. The fraction of sp³-hybridized carbons (Fsp3) is 0.538. The molecule has 8 heteroatoms. The van der Waals surface area contributed by atoms with Crippen molar-refractivity contribution in [1.29, 1.82) is 0 Å². The van der Waals surface area contributed by atoms with Crippen molar-refractivity contribution in [1.82, 2.24) is 0 Å². The Hall–Kier alpha value is -1.48. The lowest BCUT2D eigenvalue weighted by atomic mass is 10.0. The molecule has 0 aliphatic heterocycles. The average Bonchev–Trinajstić information content (AvgIpc) is 2.46. The fourth-order valence-corrected chi connectivity index (χ4v) is 3.63. The van der Waals surface area contributed by atoms with Crippen molar-refractivity contribution in [2.24, 2.45) is 0 Å². The summed E-state index contributed by atoms with van der Waals surface area (Å²) in [6.07, 6.45) is 1.84. The summed E-state index contributed by atoms with van der Waals surface area (Å²) in [5.74, 6) is -2.49. The van der Waals surface area contributed by atoms with E-state index < -0.39 is 20.7 Å². The van der Waals surface area contributed by atoms with Crippen LogP contribution < -0.4 is 0 Å². The molecule has 0 spiro atoms. The van der Waals surface area contributed by atoms with Gasteiger partial charge in [0.1, 0.15) is 0 Å². The molecule has 7 nitrogen and oxygen atoms in total. The normalized spacial score (nSPS) is 12.7. The van der Waals surface area contributed by atoms with Gasteiger partial charge in [-0.15, -0.1) is 6.58 Å². The SMILES string of the molecule is C=CC/C(C(=O)O)=C(\CCC[Si](OC)(OC)OC)C(=O)O. The maximum atomic E-state index is 11.2. The molecule has 0 aliphatic carbocycles. The minimum absolute atomic E-state index is 0.00162. The number of carboxylic acid groups (broad SMARTS) is 2. The van der Waals surface area contributed by atoms with Crippen molar-refractivity contribution in [3.05, 3.63) is 23.8 Å². The van der Waals surface area contributed by atoms with Crippen molar-refractivity contribution in [3.8, 4) is 0 Å². The van der Waals surface area contributed by atoms with Crippen LogP contribution in [0.25, 0.3) is 0 Å². The van der Waals surface area contributed by atoms with Crippen LogP contribution >= 0.6 is 0 Å². The Morgan fingerprint density at radius 2 is 1.52 bits per heavy atom. The number of allylic oxidation sites excluding steroid dienone is 1. The van der Waals surface area contributed by atoms with E-state index in [4.69, 9.17) is 18.4 Å². The molecule has 0 fully saturated rings. The maximum absolute atomic E-state index is 11.2. The summed E-state index contributed by atoms with van der Waals surface area (Å²) in [4.78, 5) is 22.4.